The highest BCUT2D eigenvalue weighted by molar-refractivity contribution is 5.08. The van der Waals surface area contributed by atoms with Gasteiger partial charge in [0.15, 0.2) is 0 Å². The number of hydrogen-bond donors (Lipinski definition) is 1. The lowest BCUT2D eigenvalue weighted by molar-refractivity contribution is 0.282. The lowest BCUT2D eigenvalue weighted by Gasteiger charge is -2.15. The Hall–Kier alpha value is -0.760. The predicted molar refractivity (Wildman–Crippen MR) is 52.7 cm³/mol. The summed E-state index contributed by atoms with van der Waals surface area (Å²) in [5.41, 5.74) is 0.258. The molecule has 0 unspecified atom stereocenters. The maximum atomic E-state index is 8.70. The predicted octanol–water partition coefficient (Wildman–Crippen LogP) is 2.40. The second kappa shape index (κ2) is 3.97. The van der Waals surface area contributed by atoms with Crippen molar-refractivity contribution in [2.45, 2.75) is 33.6 Å². The molecule has 0 bridgehead atoms. The van der Waals surface area contributed by atoms with E-state index in [9.17, 15) is 0 Å². The van der Waals surface area contributed by atoms with Gasteiger partial charge >= 0.3 is 0 Å². The van der Waals surface area contributed by atoms with Crippen molar-refractivity contribution in [3.05, 3.63) is 23.7 Å². The van der Waals surface area contributed by atoms with Crippen LogP contribution in [0.15, 0.2) is 16.5 Å². The molecule has 0 saturated carbocycles. The van der Waals surface area contributed by atoms with Crippen LogP contribution in [-0.2, 0) is 12.8 Å². The summed E-state index contributed by atoms with van der Waals surface area (Å²) in [7, 11) is 0. The third-order valence-corrected chi connectivity index (χ3v) is 1.78. The average molecular weight is 182 g/mol. The molecule has 74 valence electrons. The van der Waals surface area contributed by atoms with Crippen molar-refractivity contribution in [1.29, 1.82) is 0 Å². The Balaban J connectivity index is 2.59. The minimum atomic E-state index is 0.155. The van der Waals surface area contributed by atoms with Gasteiger partial charge in [0, 0.05) is 12.8 Å². The number of furan rings is 1. The lowest BCUT2D eigenvalue weighted by Crippen LogP contribution is -2.08. The molecule has 0 spiro atoms. The Morgan fingerprint density at radius 2 is 1.85 bits per heavy atom. The van der Waals surface area contributed by atoms with Gasteiger partial charge in [0.1, 0.15) is 11.5 Å². The second-order valence-electron chi connectivity index (χ2n) is 4.58. The van der Waals surface area contributed by atoms with Gasteiger partial charge < -0.3 is 9.52 Å². The summed E-state index contributed by atoms with van der Waals surface area (Å²) in [4.78, 5) is 0. The van der Waals surface area contributed by atoms with E-state index < -0.39 is 0 Å². The van der Waals surface area contributed by atoms with Crippen LogP contribution in [0.1, 0.15) is 32.3 Å². The molecule has 0 aliphatic rings. The van der Waals surface area contributed by atoms with E-state index in [4.69, 9.17) is 9.52 Å². The normalized spacial score (nSPS) is 12.0. The monoisotopic (exact) mass is 182 g/mol. The summed E-state index contributed by atoms with van der Waals surface area (Å²) in [6, 6.07) is 3.94. The van der Waals surface area contributed by atoms with E-state index in [0.717, 1.165) is 17.9 Å². The molecule has 0 fully saturated rings. The second-order valence-corrected chi connectivity index (χ2v) is 4.58. The van der Waals surface area contributed by atoms with E-state index in [1.807, 2.05) is 12.1 Å². The highest BCUT2D eigenvalue weighted by Crippen LogP contribution is 2.21. The van der Waals surface area contributed by atoms with Crippen molar-refractivity contribution in [2.75, 3.05) is 6.61 Å². The Kier molecular flexibility index (Phi) is 3.15. The Morgan fingerprint density at radius 3 is 2.38 bits per heavy atom. The molecule has 1 aromatic heterocycles. The third-order valence-electron chi connectivity index (χ3n) is 1.78. The first kappa shape index (κ1) is 10.3. The number of hydrogen-bond acceptors (Lipinski definition) is 2. The number of aliphatic hydroxyl groups is 1. The van der Waals surface area contributed by atoms with Crippen LogP contribution >= 0.6 is 0 Å². The molecule has 1 N–H and O–H groups in total. The van der Waals surface area contributed by atoms with Crippen LogP contribution in [0.5, 0.6) is 0 Å². The molecule has 0 aliphatic carbocycles. The van der Waals surface area contributed by atoms with Crippen molar-refractivity contribution in [2.24, 2.45) is 5.41 Å². The van der Waals surface area contributed by atoms with Crippen LogP contribution in [0.3, 0.4) is 0 Å². The van der Waals surface area contributed by atoms with Gasteiger partial charge in [0.2, 0.25) is 0 Å². The fourth-order valence-electron chi connectivity index (χ4n) is 1.28. The molecule has 0 aliphatic heterocycles. The van der Waals surface area contributed by atoms with Crippen molar-refractivity contribution in [1.82, 2.24) is 0 Å². The van der Waals surface area contributed by atoms with Crippen LogP contribution in [0.2, 0.25) is 0 Å². The molecule has 1 rings (SSSR count). The van der Waals surface area contributed by atoms with Gasteiger partial charge in [-0.15, -0.1) is 0 Å². The first-order valence-electron chi connectivity index (χ1n) is 4.70. The van der Waals surface area contributed by atoms with E-state index in [0.29, 0.717) is 6.42 Å². The largest absolute Gasteiger partial charge is 0.466 e. The number of aliphatic hydroxyl groups excluding tert-OH is 1. The van der Waals surface area contributed by atoms with Gasteiger partial charge in [-0.05, 0) is 17.5 Å². The topological polar surface area (TPSA) is 33.4 Å². The standard InChI is InChI=1S/C11H18O2/c1-11(2,3)8-10-5-4-9(13-10)6-7-12/h4-5,12H,6-8H2,1-3H3. The van der Waals surface area contributed by atoms with Gasteiger partial charge in [-0.1, -0.05) is 20.8 Å². The van der Waals surface area contributed by atoms with E-state index in [1.54, 1.807) is 0 Å². The molecule has 1 heterocycles. The molecule has 13 heavy (non-hydrogen) atoms. The third kappa shape index (κ3) is 3.64. The summed E-state index contributed by atoms with van der Waals surface area (Å²) >= 11 is 0. The van der Waals surface area contributed by atoms with Gasteiger partial charge in [0.25, 0.3) is 0 Å². The fourth-order valence-corrected chi connectivity index (χ4v) is 1.28. The zero-order valence-electron chi connectivity index (χ0n) is 8.63. The minimum absolute atomic E-state index is 0.155. The molecule has 0 atom stereocenters. The summed E-state index contributed by atoms with van der Waals surface area (Å²) in [5.74, 6) is 1.89. The maximum absolute atomic E-state index is 8.70. The highest BCUT2D eigenvalue weighted by atomic mass is 16.3. The molecule has 1 aromatic rings. The van der Waals surface area contributed by atoms with Crippen molar-refractivity contribution < 1.29 is 9.52 Å². The summed E-state index contributed by atoms with van der Waals surface area (Å²) in [6.07, 6.45) is 1.56. The molecule has 0 amide bonds. The molecule has 0 radical (unpaired) electrons. The van der Waals surface area contributed by atoms with Gasteiger partial charge in [-0.2, -0.15) is 0 Å². The van der Waals surface area contributed by atoms with Crippen LogP contribution in [0, 0.1) is 5.41 Å². The molecule has 2 nitrogen and oxygen atoms in total. The summed E-state index contributed by atoms with van der Waals surface area (Å²) in [5, 5.41) is 8.70. The summed E-state index contributed by atoms with van der Waals surface area (Å²) < 4.78 is 5.54. The fraction of sp³-hybridized carbons (Fsp3) is 0.636. The Labute approximate surface area is 79.6 Å². The van der Waals surface area contributed by atoms with Crippen LogP contribution in [0.25, 0.3) is 0 Å². The Morgan fingerprint density at radius 1 is 1.23 bits per heavy atom. The highest BCUT2D eigenvalue weighted by Gasteiger charge is 2.13. The maximum Gasteiger partial charge on any atom is 0.106 e. The first-order valence-corrected chi connectivity index (χ1v) is 4.70. The Bertz CT molecular complexity index is 255. The minimum Gasteiger partial charge on any atom is -0.466 e. The zero-order chi connectivity index (χ0) is 9.90. The molecular formula is C11H18O2. The SMILES string of the molecule is CC(C)(C)Cc1ccc(CCO)o1. The van der Waals surface area contributed by atoms with E-state index in [2.05, 4.69) is 20.8 Å². The quantitative estimate of drug-likeness (QED) is 0.778. The van der Waals surface area contributed by atoms with Crippen molar-refractivity contribution in [3.8, 4) is 0 Å². The average Bonchev–Trinajstić information content (AvgIpc) is 2.33. The van der Waals surface area contributed by atoms with Crippen molar-refractivity contribution >= 4 is 0 Å². The van der Waals surface area contributed by atoms with E-state index >= 15 is 0 Å². The van der Waals surface area contributed by atoms with Gasteiger partial charge in [-0.3, -0.25) is 0 Å². The van der Waals surface area contributed by atoms with E-state index in [-0.39, 0.29) is 12.0 Å². The summed E-state index contributed by atoms with van der Waals surface area (Å²) in [6.45, 7) is 6.70. The van der Waals surface area contributed by atoms with Gasteiger partial charge in [0.05, 0.1) is 6.61 Å². The van der Waals surface area contributed by atoms with Gasteiger partial charge in [-0.25, -0.2) is 0 Å². The first-order chi connectivity index (χ1) is 6.01. The number of rotatable bonds is 3. The van der Waals surface area contributed by atoms with Crippen LogP contribution in [-0.4, -0.2) is 11.7 Å². The molecule has 2 heteroatoms. The smallest absolute Gasteiger partial charge is 0.106 e. The van der Waals surface area contributed by atoms with Crippen LogP contribution in [0.4, 0.5) is 0 Å². The van der Waals surface area contributed by atoms with Crippen molar-refractivity contribution in [3.63, 3.8) is 0 Å². The zero-order valence-corrected chi connectivity index (χ0v) is 8.63. The molecule has 0 saturated heterocycles. The van der Waals surface area contributed by atoms with Crippen LogP contribution < -0.4 is 0 Å². The molecular weight excluding hydrogens is 164 g/mol. The van der Waals surface area contributed by atoms with E-state index in [1.165, 1.54) is 0 Å². The lowest BCUT2D eigenvalue weighted by atomic mass is 9.91. The molecule has 0 aromatic carbocycles.